The van der Waals surface area contributed by atoms with Gasteiger partial charge in [0.05, 0.1) is 24.2 Å². The molecule has 2 aliphatic rings. The molecule has 1 atom stereocenters. The summed E-state index contributed by atoms with van der Waals surface area (Å²) in [7, 11) is 0. The van der Waals surface area contributed by atoms with Crippen molar-refractivity contribution in [1.82, 2.24) is 9.80 Å². The summed E-state index contributed by atoms with van der Waals surface area (Å²) in [6.45, 7) is 3.33. The number of amides is 1. The lowest BCUT2D eigenvalue weighted by Gasteiger charge is -2.42. The monoisotopic (exact) mass is 441 g/mol. The van der Waals surface area contributed by atoms with Crippen LogP contribution < -0.4 is 0 Å². The number of aliphatic hydroxyl groups is 2. The standard InChI is InChI=1S/C24H28ClN3O3/c1-17-3-2-4-18(13-17)5-8-22(29)27-11-9-24(31,10-12-27)15-28-16-26-21-14-19(25)6-7-20(21)23(28)30/h2-4,6-7,13-14,16,23,30-31H,5,8-12,15H2,1H3. The van der Waals surface area contributed by atoms with E-state index in [0.717, 1.165) is 6.42 Å². The fraction of sp³-hybridized carbons (Fsp3) is 0.417. The van der Waals surface area contributed by atoms with Crippen molar-refractivity contribution >= 4 is 29.5 Å². The average molecular weight is 442 g/mol. The van der Waals surface area contributed by atoms with Crippen LogP contribution >= 0.6 is 11.6 Å². The van der Waals surface area contributed by atoms with Gasteiger partial charge >= 0.3 is 0 Å². The van der Waals surface area contributed by atoms with Gasteiger partial charge in [-0.1, -0.05) is 47.5 Å². The topological polar surface area (TPSA) is 76.4 Å². The fourth-order valence-corrected chi connectivity index (χ4v) is 4.47. The number of aliphatic imine (C=N–C) groups is 1. The number of β-amino-alcohol motifs (C(OH)–C–C–N with tert-alkyl or cyclic N) is 1. The highest BCUT2D eigenvalue weighted by atomic mass is 35.5. The molecule has 1 amide bonds. The quantitative estimate of drug-likeness (QED) is 0.743. The molecule has 2 N–H and O–H groups in total. The highest BCUT2D eigenvalue weighted by molar-refractivity contribution is 6.30. The molecule has 0 bridgehead atoms. The largest absolute Gasteiger partial charge is 0.388 e. The van der Waals surface area contributed by atoms with E-state index < -0.39 is 11.8 Å². The summed E-state index contributed by atoms with van der Waals surface area (Å²) in [5.74, 6) is 0.119. The first-order valence-corrected chi connectivity index (χ1v) is 11.0. The zero-order valence-corrected chi connectivity index (χ0v) is 18.4. The van der Waals surface area contributed by atoms with Crippen LogP contribution in [0, 0.1) is 6.92 Å². The lowest BCUT2D eigenvalue weighted by molar-refractivity contribution is -0.136. The number of benzene rings is 2. The Balaban J connectivity index is 1.30. The van der Waals surface area contributed by atoms with Crippen LogP contribution in [0.2, 0.25) is 5.02 Å². The molecule has 0 spiro atoms. The number of carbonyl (C=O) groups excluding carboxylic acids is 1. The van der Waals surface area contributed by atoms with Gasteiger partial charge in [-0.25, -0.2) is 4.99 Å². The summed E-state index contributed by atoms with van der Waals surface area (Å²) >= 11 is 6.00. The molecule has 2 aromatic rings. The van der Waals surface area contributed by atoms with Crippen molar-refractivity contribution in [2.24, 2.45) is 4.99 Å². The van der Waals surface area contributed by atoms with E-state index in [-0.39, 0.29) is 12.5 Å². The van der Waals surface area contributed by atoms with Gasteiger partial charge in [0.15, 0.2) is 6.23 Å². The molecule has 0 aliphatic carbocycles. The van der Waals surface area contributed by atoms with Gasteiger partial charge in [-0.15, -0.1) is 0 Å². The molecule has 164 valence electrons. The van der Waals surface area contributed by atoms with E-state index in [1.165, 1.54) is 11.1 Å². The maximum Gasteiger partial charge on any atom is 0.222 e. The van der Waals surface area contributed by atoms with Gasteiger partial charge in [-0.3, -0.25) is 4.79 Å². The van der Waals surface area contributed by atoms with Gasteiger partial charge in [0.2, 0.25) is 5.91 Å². The third-order valence-electron chi connectivity index (χ3n) is 6.16. The smallest absolute Gasteiger partial charge is 0.222 e. The van der Waals surface area contributed by atoms with Crippen LogP contribution in [0.4, 0.5) is 5.69 Å². The molecule has 31 heavy (non-hydrogen) atoms. The van der Waals surface area contributed by atoms with E-state index in [9.17, 15) is 15.0 Å². The van der Waals surface area contributed by atoms with Crippen molar-refractivity contribution in [3.05, 3.63) is 64.2 Å². The first-order chi connectivity index (χ1) is 14.8. The minimum absolute atomic E-state index is 0.119. The zero-order valence-electron chi connectivity index (χ0n) is 17.7. The minimum atomic E-state index is -0.982. The van der Waals surface area contributed by atoms with E-state index in [1.54, 1.807) is 29.4 Å². The van der Waals surface area contributed by atoms with Crippen molar-refractivity contribution in [2.45, 2.75) is 44.4 Å². The van der Waals surface area contributed by atoms with Crippen LogP contribution in [-0.4, -0.2) is 57.5 Å². The molecule has 2 heterocycles. The number of aliphatic hydroxyl groups excluding tert-OH is 1. The Bertz CT molecular complexity index is 986. The first-order valence-electron chi connectivity index (χ1n) is 10.7. The van der Waals surface area contributed by atoms with E-state index in [0.29, 0.717) is 48.6 Å². The summed E-state index contributed by atoms with van der Waals surface area (Å²) < 4.78 is 0. The molecular weight excluding hydrogens is 414 g/mol. The molecule has 0 aromatic heterocycles. The first kappa shape index (κ1) is 21.8. The van der Waals surface area contributed by atoms with Crippen molar-refractivity contribution in [3.8, 4) is 0 Å². The Hall–Kier alpha value is -2.41. The van der Waals surface area contributed by atoms with Gasteiger partial charge in [-0.2, -0.15) is 0 Å². The Morgan fingerprint density at radius 3 is 2.74 bits per heavy atom. The number of hydrogen-bond acceptors (Lipinski definition) is 5. The van der Waals surface area contributed by atoms with Crippen LogP contribution in [0.5, 0.6) is 0 Å². The molecule has 0 saturated carbocycles. The number of aryl methyl sites for hydroxylation is 2. The third kappa shape index (κ3) is 5.09. The van der Waals surface area contributed by atoms with Gasteiger partial charge in [0.1, 0.15) is 0 Å². The summed E-state index contributed by atoms with van der Waals surface area (Å²) in [5, 5.41) is 22.4. The predicted molar refractivity (Wildman–Crippen MR) is 122 cm³/mol. The van der Waals surface area contributed by atoms with Gasteiger partial charge < -0.3 is 20.0 Å². The lowest BCUT2D eigenvalue weighted by Crippen LogP contribution is -2.52. The molecule has 7 heteroatoms. The highest BCUT2D eigenvalue weighted by Gasteiger charge is 2.37. The number of piperidine rings is 1. The van der Waals surface area contributed by atoms with Crippen molar-refractivity contribution in [3.63, 3.8) is 0 Å². The second-order valence-electron chi connectivity index (χ2n) is 8.59. The summed E-state index contributed by atoms with van der Waals surface area (Å²) in [6, 6.07) is 13.4. The minimum Gasteiger partial charge on any atom is -0.388 e. The predicted octanol–water partition coefficient (Wildman–Crippen LogP) is 3.60. The number of halogens is 1. The Labute approximate surface area is 187 Å². The van der Waals surface area contributed by atoms with Crippen LogP contribution in [-0.2, 0) is 11.2 Å². The molecule has 2 aliphatic heterocycles. The second-order valence-corrected chi connectivity index (χ2v) is 9.02. The molecule has 1 fully saturated rings. The number of rotatable bonds is 5. The van der Waals surface area contributed by atoms with Crippen LogP contribution in [0.25, 0.3) is 0 Å². The third-order valence-corrected chi connectivity index (χ3v) is 6.40. The van der Waals surface area contributed by atoms with Crippen molar-refractivity contribution in [1.29, 1.82) is 0 Å². The summed E-state index contributed by atoms with van der Waals surface area (Å²) in [4.78, 5) is 20.5. The van der Waals surface area contributed by atoms with E-state index in [4.69, 9.17) is 11.6 Å². The number of fused-ring (bicyclic) bond motifs is 1. The Kier molecular flexibility index (Phi) is 6.32. The fourth-order valence-electron chi connectivity index (χ4n) is 4.30. The molecule has 6 nitrogen and oxygen atoms in total. The summed E-state index contributed by atoms with van der Waals surface area (Å²) in [5.41, 5.74) is 2.69. The number of likely N-dealkylation sites (tertiary alicyclic amines) is 1. The Morgan fingerprint density at radius 1 is 1.23 bits per heavy atom. The second kappa shape index (κ2) is 8.99. The van der Waals surface area contributed by atoms with E-state index in [1.807, 2.05) is 17.0 Å². The average Bonchev–Trinajstić information content (AvgIpc) is 2.74. The molecule has 1 saturated heterocycles. The molecular formula is C24H28ClN3O3. The molecule has 2 aromatic carbocycles. The lowest BCUT2D eigenvalue weighted by atomic mass is 9.90. The molecule has 1 unspecified atom stereocenters. The number of nitrogens with zero attached hydrogens (tertiary/aromatic N) is 3. The number of hydrogen-bond donors (Lipinski definition) is 2. The highest BCUT2D eigenvalue weighted by Crippen LogP contribution is 2.35. The maximum absolute atomic E-state index is 12.6. The van der Waals surface area contributed by atoms with Gasteiger partial charge in [-0.05, 0) is 43.9 Å². The van der Waals surface area contributed by atoms with Gasteiger partial charge in [0.25, 0.3) is 0 Å². The van der Waals surface area contributed by atoms with E-state index in [2.05, 4.69) is 24.0 Å². The van der Waals surface area contributed by atoms with Crippen molar-refractivity contribution < 1.29 is 15.0 Å². The maximum atomic E-state index is 12.6. The SMILES string of the molecule is Cc1cccc(CCC(=O)N2CCC(O)(CN3C=Nc4cc(Cl)ccc4C3O)CC2)c1. The zero-order chi connectivity index (χ0) is 22.0. The summed E-state index contributed by atoms with van der Waals surface area (Å²) in [6.07, 6.45) is 2.80. The van der Waals surface area contributed by atoms with Crippen LogP contribution in [0.1, 0.15) is 42.2 Å². The van der Waals surface area contributed by atoms with Gasteiger partial charge in [0, 0.05) is 30.1 Å². The van der Waals surface area contributed by atoms with Crippen molar-refractivity contribution in [2.75, 3.05) is 19.6 Å². The normalized spacial score (nSPS) is 19.9. The van der Waals surface area contributed by atoms with E-state index >= 15 is 0 Å². The molecule has 4 rings (SSSR count). The van der Waals surface area contributed by atoms with Crippen LogP contribution in [0.3, 0.4) is 0 Å². The van der Waals surface area contributed by atoms with Crippen LogP contribution in [0.15, 0.2) is 47.5 Å². The Morgan fingerprint density at radius 2 is 2.00 bits per heavy atom. The number of carbonyl (C=O) groups is 1. The molecule has 0 radical (unpaired) electrons.